The monoisotopic (exact) mass is 842 g/mol. The van der Waals surface area contributed by atoms with Crippen molar-refractivity contribution >= 4 is 29.6 Å². The highest BCUT2D eigenvalue weighted by molar-refractivity contribution is 6.00. The second kappa shape index (κ2) is 19.7. The van der Waals surface area contributed by atoms with Crippen molar-refractivity contribution in [2.24, 2.45) is 0 Å². The van der Waals surface area contributed by atoms with E-state index >= 15 is 0 Å². The van der Waals surface area contributed by atoms with Gasteiger partial charge in [-0.2, -0.15) is 9.61 Å². The number of hydrogen-bond acceptors (Lipinski definition) is 9. The summed E-state index contributed by atoms with van der Waals surface area (Å²) in [6.07, 6.45) is 7.24. The van der Waals surface area contributed by atoms with Gasteiger partial charge >= 0.3 is 0 Å². The Morgan fingerprint density at radius 3 is 2.37 bits per heavy atom. The molecule has 2 amide bonds. The van der Waals surface area contributed by atoms with Gasteiger partial charge in [0.15, 0.2) is 5.65 Å². The Kier molecular flexibility index (Phi) is 13.7. The van der Waals surface area contributed by atoms with E-state index in [0.29, 0.717) is 12.1 Å². The van der Waals surface area contributed by atoms with Crippen molar-refractivity contribution in [3.63, 3.8) is 0 Å². The number of β-amino-alcohol motifs (C(OH)–C–C–N with tert-alkyl or cyclic N) is 1. The fourth-order valence-corrected chi connectivity index (χ4v) is 9.67. The lowest BCUT2D eigenvalue weighted by atomic mass is 9.85. The average Bonchev–Trinajstić information content (AvgIpc) is 3.81. The number of likely N-dealkylation sites (tertiary alicyclic amines) is 1. The van der Waals surface area contributed by atoms with Crippen LogP contribution in [0.3, 0.4) is 0 Å². The predicted octanol–water partition coefficient (Wildman–Crippen LogP) is 6.27. The van der Waals surface area contributed by atoms with Gasteiger partial charge in [0, 0.05) is 75.5 Å². The van der Waals surface area contributed by atoms with Crippen LogP contribution in [0.25, 0.3) is 28.0 Å². The fraction of sp³-hybridized carbons (Fsp3) is 0.449. The summed E-state index contributed by atoms with van der Waals surface area (Å²) < 4.78 is 16.9. The largest absolute Gasteiger partial charge is 0.395 e. The minimum Gasteiger partial charge on any atom is -0.395 e. The molecule has 2 fully saturated rings. The lowest BCUT2D eigenvalue weighted by Gasteiger charge is -2.35. The van der Waals surface area contributed by atoms with Crippen LogP contribution >= 0.6 is 0 Å². The van der Waals surface area contributed by atoms with Gasteiger partial charge in [-0.15, -0.1) is 0 Å². The number of carbonyl (C=O) groups excluding carboxylic acids is 3. The van der Waals surface area contributed by atoms with Crippen LogP contribution in [-0.2, 0) is 22.6 Å². The van der Waals surface area contributed by atoms with Crippen LogP contribution < -0.4 is 10.2 Å². The second-order valence-electron chi connectivity index (χ2n) is 17.1. The van der Waals surface area contributed by atoms with Crippen LogP contribution in [0, 0.1) is 12.7 Å². The Morgan fingerprint density at radius 2 is 1.66 bits per heavy atom. The second-order valence-corrected chi connectivity index (χ2v) is 17.1. The van der Waals surface area contributed by atoms with Gasteiger partial charge in [-0.3, -0.25) is 14.5 Å². The summed E-state index contributed by atoms with van der Waals surface area (Å²) in [5.41, 5.74) is 9.33. The number of anilines is 1. The number of benzene rings is 3. The van der Waals surface area contributed by atoms with E-state index < -0.39 is 11.9 Å². The molecule has 5 aromatic rings. The summed E-state index contributed by atoms with van der Waals surface area (Å²) in [5, 5.41) is 17.1. The summed E-state index contributed by atoms with van der Waals surface area (Å²) in [6, 6.07) is 23.6. The van der Waals surface area contributed by atoms with Gasteiger partial charge < -0.3 is 29.9 Å². The summed E-state index contributed by atoms with van der Waals surface area (Å²) in [7, 11) is 1.54. The maximum atomic E-state index is 14.9. The van der Waals surface area contributed by atoms with E-state index in [1.807, 2.05) is 10.6 Å². The summed E-state index contributed by atoms with van der Waals surface area (Å²) in [4.78, 5) is 51.1. The quantitative estimate of drug-likeness (QED) is 0.0824. The van der Waals surface area contributed by atoms with Gasteiger partial charge in [0.2, 0.25) is 5.91 Å². The SMILES string of the molecule is CNC(=O)CCC(C=O)N1Cc2c(cc(F)cc2C2CCN(CCCCCc3ccc(-c4cc(N5CCN(CCO)CC5)n5nc(C)c(-c6ccccc6)c5n4)cc3)CC2)C1=O. The molecule has 3 aromatic carbocycles. The van der Waals surface area contributed by atoms with Crippen LogP contribution in [0.4, 0.5) is 10.2 Å². The molecule has 0 aliphatic carbocycles. The third-order valence-corrected chi connectivity index (χ3v) is 13.2. The lowest BCUT2D eigenvalue weighted by molar-refractivity contribution is -0.121. The zero-order valence-electron chi connectivity index (χ0n) is 36.1. The van der Waals surface area contributed by atoms with E-state index in [2.05, 4.69) is 81.5 Å². The number of aromatic nitrogens is 3. The van der Waals surface area contributed by atoms with Gasteiger partial charge in [0.1, 0.15) is 17.9 Å². The molecule has 12 nitrogen and oxygen atoms in total. The molecule has 0 saturated carbocycles. The Bertz CT molecular complexity index is 2350. The molecule has 2 aromatic heterocycles. The molecule has 62 heavy (non-hydrogen) atoms. The Balaban J connectivity index is 0.851. The standard InChI is InChI=1S/C49H59FN8O4/c1-34-47(38-10-6-3-7-11-38)48-52-44(31-46(58(48)53-34)56-25-23-55(24-26-56)27-28-59)37-14-12-35(13-15-37)9-5-4-8-20-54-21-18-36(19-22-54)41-29-39(50)30-42-43(41)32-57(49(42)62)40(33-60)16-17-45(61)51-2/h3,6-7,10-15,29-31,33,36,40,59H,4-5,8-9,16-28,32H2,1-2H3,(H,51,61). The fourth-order valence-electron chi connectivity index (χ4n) is 9.67. The van der Waals surface area contributed by atoms with E-state index in [9.17, 15) is 23.9 Å². The number of piperazine rings is 1. The number of halogens is 1. The van der Waals surface area contributed by atoms with Crippen molar-refractivity contribution < 1.29 is 23.9 Å². The number of carbonyl (C=O) groups is 3. The first-order chi connectivity index (χ1) is 30.2. The summed E-state index contributed by atoms with van der Waals surface area (Å²) >= 11 is 0. The number of nitrogens with zero attached hydrogens (tertiary/aromatic N) is 7. The van der Waals surface area contributed by atoms with Gasteiger partial charge in [-0.1, -0.05) is 61.0 Å². The topological polar surface area (TPSA) is 127 Å². The number of unbranched alkanes of at least 4 members (excludes halogenated alkanes) is 2. The Labute approximate surface area is 363 Å². The van der Waals surface area contributed by atoms with Gasteiger partial charge in [0.05, 0.1) is 24.0 Å². The average molecular weight is 843 g/mol. The van der Waals surface area contributed by atoms with Gasteiger partial charge in [-0.05, 0) is 105 Å². The van der Waals surface area contributed by atoms with Crippen molar-refractivity contribution in [3.05, 3.63) is 107 Å². The highest BCUT2D eigenvalue weighted by Gasteiger charge is 2.37. The van der Waals surface area contributed by atoms with Crippen molar-refractivity contribution in [1.82, 2.24) is 34.6 Å². The third-order valence-electron chi connectivity index (χ3n) is 13.2. The Hall–Kier alpha value is -5.50. The first-order valence-corrected chi connectivity index (χ1v) is 22.4. The molecule has 1 atom stereocenters. The van der Waals surface area contributed by atoms with E-state index in [-0.39, 0.29) is 43.7 Å². The molecule has 13 heteroatoms. The van der Waals surface area contributed by atoms with Crippen LogP contribution in [0.2, 0.25) is 0 Å². The number of rotatable bonds is 17. The number of fused-ring (bicyclic) bond motifs is 2. The number of piperidine rings is 1. The highest BCUT2D eigenvalue weighted by atomic mass is 19.1. The molecule has 3 aliphatic rings. The molecular formula is C49H59FN8O4. The molecule has 0 spiro atoms. The van der Waals surface area contributed by atoms with Crippen LogP contribution in [0.5, 0.6) is 0 Å². The molecule has 0 bridgehead atoms. The number of aliphatic hydroxyl groups is 1. The number of aliphatic hydroxyl groups excluding tert-OH is 1. The van der Waals surface area contributed by atoms with E-state index in [1.165, 1.54) is 16.5 Å². The summed E-state index contributed by atoms with van der Waals surface area (Å²) in [6.45, 7) is 9.53. The number of aldehydes is 1. The molecule has 2 saturated heterocycles. The molecule has 326 valence electrons. The van der Waals surface area contributed by atoms with Gasteiger partial charge in [0.25, 0.3) is 5.91 Å². The molecule has 2 N–H and O–H groups in total. The predicted molar refractivity (Wildman–Crippen MR) is 240 cm³/mol. The number of aryl methyl sites for hydroxylation is 2. The molecule has 8 rings (SSSR count). The Morgan fingerprint density at radius 1 is 0.919 bits per heavy atom. The zero-order valence-corrected chi connectivity index (χ0v) is 36.1. The maximum absolute atomic E-state index is 14.9. The van der Waals surface area contributed by atoms with Crippen molar-refractivity contribution in [2.45, 2.75) is 76.8 Å². The minimum atomic E-state index is -0.728. The lowest BCUT2D eigenvalue weighted by Crippen LogP contribution is -2.47. The number of nitrogens with one attached hydrogen (secondary N) is 1. The van der Waals surface area contributed by atoms with E-state index in [4.69, 9.17) is 10.1 Å². The van der Waals surface area contributed by atoms with Crippen molar-refractivity contribution in [3.8, 4) is 22.4 Å². The number of amides is 2. The van der Waals surface area contributed by atoms with Crippen LogP contribution in [0.1, 0.15) is 83.6 Å². The summed E-state index contributed by atoms with van der Waals surface area (Å²) in [5.74, 6) is 0.241. The molecule has 0 radical (unpaired) electrons. The molecular weight excluding hydrogens is 784 g/mol. The van der Waals surface area contributed by atoms with Gasteiger partial charge in [-0.25, -0.2) is 9.37 Å². The normalized spacial score (nSPS) is 16.9. The zero-order chi connectivity index (χ0) is 43.2. The first-order valence-electron chi connectivity index (χ1n) is 22.4. The van der Waals surface area contributed by atoms with Crippen LogP contribution in [-0.4, -0.2) is 125 Å². The first kappa shape index (κ1) is 43.2. The van der Waals surface area contributed by atoms with E-state index in [0.717, 1.165) is 141 Å². The van der Waals surface area contributed by atoms with Crippen LogP contribution in [0.15, 0.2) is 72.8 Å². The van der Waals surface area contributed by atoms with Crippen molar-refractivity contribution in [1.29, 1.82) is 0 Å². The maximum Gasteiger partial charge on any atom is 0.255 e. The molecule has 1 unspecified atom stereocenters. The minimum absolute atomic E-state index is 0.140. The smallest absolute Gasteiger partial charge is 0.255 e. The highest BCUT2D eigenvalue weighted by Crippen LogP contribution is 2.38. The third kappa shape index (κ3) is 9.45. The molecule has 5 heterocycles. The van der Waals surface area contributed by atoms with Crippen molar-refractivity contribution in [2.75, 3.05) is 70.9 Å². The molecule has 3 aliphatic heterocycles. The van der Waals surface area contributed by atoms with E-state index in [1.54, 1.807) is 13.1 Å². The number of hydrogen-bond donors (Lipinski definition) is 2.